The molecule has 1 N–H and O–H groups in total. The van der Waals surface area contributed by atoms with Crippen LogP contribution in [0, 0.1) is 11.5 Å². The lowest BCUT2D eigenvalue weighted by molar-refractivity contribution is 0.282. The highest BCUT2D eigenvalue weighted by molar-refractivity contribution is 5.74. The highest BCUT2D eigenvalue weighted by atomic mass is 16.3. The number of nitriles is 1. The normalized spacial score (nSPS) is 10.2. The van der Waals surface area contributed by atoms with E-state index in [0.29, 0.717) is 11.0 Å². The minimum atomic E-state index is -0.0324. The maximum Gasteiger partial charge on any atom is 0.225 e. The minimum Gasteiger partial charge on any atom is -0.392 e. The maximum atomic E-state index is 8.84. The largest absolute Gasteiger partial charge is 0.392 e. The number of hydrogen-bond donors (Lipinski definition) is 1. The lowest BCUT2D eigenvalue weighted by Gasteiger charge is -1.91. The van der Waals surface area contributed by atoms with E-state index in [1.807, 2.05) is 0 Å². The molecule has 1 heterocycles. The molecule has 0 saturated carbocycles. The van der Waals surface area contributed by atoms with Gasteiger partial charge in [0.1, 0.15) is 11.0 Å². The number of nitrogens with zero attached hydrogens (tertiary/aromatic N) is 4. The van der Waals surface area contributed by atoms with Crippen LogP contribution in [0.3, 0.4) is 0 Å². The van der Waals surface area contributed by atoms with Crippen LogP contribution in [0.4, 0.5) is 0 Å². The molecule has 0 aliphatic carbocycles. The Labute approximate surface area is 73.8 Å². The van der Waals surface area contributed by atoms with Gasteiger partial charge in [-0.3, -0.25) is 0 Å². The first-order chi connectivity index (χ1) is 6.33. The SMILES string of the molecule is N#Cn1nc2ccc(CO)cc2n1. The smallest absolute Gasteiger partial charge is 0.225 e. The van der Waals surface area contributed by atoms with Crippen molar-refractivity contribution in [1.29, 1.82) is 5.26 Å². The highest BCUT2D eigenvalue weighted by Crippen LogP contribution is 2.10. The van der Waals surface area contributed by atoms with Crippen LogP contribution in [0.5, 0.6) is 0 Å². The Morgan fingerprint density at radius 2 is 2.15 bits per heavy atom. The molecule has 64 valence electrons. The van der Waals surface area contributed by atoms with E-state index in [2.05, 4.69) is 10.2 Å². The molecule has 2 aromatic rings. The number of benzene rings is 1. The molecule has 1 aromatic carbocycles. The summed E-state index contributed by atoms with van der Waals surface area (Å²) in [4.78, 5) is 0.950. The number of hydrogen-bond acceptors (Lipinski definition) is 4. The van der Waals surface area contributed by atoms with Crippen molar-refractivity contribution < 1.29 is 5.11 Å². The third-order valence-electron chi connectivity index (χ3n) is 1.72. The van der Waals surface area contributed by atoms with Crippen LogP contribution in [0.15, 0.2) is 18.2 Å². The monoisotopic (exact) mass is 174 g/mol. The van der Waals surface area contributed by atoms with Crippen molar-refractivity contribution in [2.45, 2.75) is 6.61 Å². The van der Waals surface area contributed by atoms with Crippen molar-refractivity contribution in [3.63, 3.8) is 0 Å². The van der Waals surface area contributed by atoms with Gasteiger partial charge < -0.3 is 5.11 Å². The quantitative estimate of drug-likeness (QED) is 0.672. The van der Waals surface area contributed by atoms with E-state index in [4.69, 9.17) is 10.4 Å². The topological polar surface area (TPSA) is 74.7 Å². The van der Waals surface area contributed by atoms with Gasteiger partial charge in [-0.25, -0.2) is 0 Å². The minimum absolute atomic E-state index is 0.0324. The highest BCUT2D eigenvalue weighted by Gasteiger charge is 2.01. The Bertz CT molecular complexity index is 482. The predicted molar refractivity (Wildman–Crippen MR) is 44.5 cm³/mol. The van der Waals surface area contributed by atoms with E-state index in [0.717, 1.165) is 10.4 Å². The Morgan fingerprint density at radius 3 is 2.85 bits per heavy atom. The van der Waals surface area contributed by atoms with Gasteiger partial charge in [-0.05, 0) is 17.7 Å². The Hall–Kier alpha value is -1.93. The first-order valence-corrected chi connectivity index (χ1v) is 3.70. The number of rotatable bonds is 1. The molecule has 0 fully saturated rings. The lowest BCUT2D eigenvalue weighted by atomic mass is 10.2. The second kappa shape index (κ2) is 2.84. The summed E-state index contributed by atoms with van der Waals surface area (Å²) in [6.45, 7) is -0.0324. The van der Waals surface area contributed by atoms with Crippen molar-refractivity contribution in [3.05, 3.63) is 23.8 Å². The summed E-state index contributed by atoms with van der Waals surface area (Å²) in [6, 6.07) is 5.18. The van der Waals surface area contributed by atoms with Crippen molar-refractivity contribution >= 4 is 11.0 Å². The molecular weight excluding hydrogens is 168 g/mol. The summed E-state index contributed by atoms with van der Waals surface area (Å²) in [5.74, 6) is 0. The van der Waals surface area contributed by atoms with E-state index in [1.54, 1.807) is 24.4 Å². The number of aromatic nitrogens is 3. The zero-order valence-electron chi connectivity index (χ0n) is 6.68. The summed E-state index contributed by atoms with van der Waals surface area (Å²) in [6.07, 6.45) is 1.79. The molecule has 2 rings (SSSR count). The van der Waals surface area contributed by atoms with E-state index < -0.39 is 0 Å². The molecule has 13 heavy (non-hydrogen) atoms. The van der Waals surface area contributed by atoms with Crippen molar-refractivity contribution in [1.82, 2.24) is 15.0 Å². The summed E-state index contributed by atoms with van der Waals surface area (Å²) in [5.41, 5.74) is 2.03. The van der Waals surface area contributed by atoms with Gasteiger partial charge in [0.05, 0.1) is 6.61 Å². The van der Waals surface area contributed by atoms with Gasteiger partial charge >= 0.3 is 0 Å². The van der Waals surface area contributed by atoms with Crippen LogP contribution < -0.4 is 0 Å². The summed E-state index contributed by atoms with van der Waals surface area (Å²) in [7, 11) is 0. The second-order valence-corrected chi connectivity index (χ2v) is 2.57. The Balaban J connectivity index is 2.65. The van der Waals surface area contributed by atoms with Gasteiger partial charge in [0.15, 0.2) is 0 Å². The van der Waals surface area contributed by atoms with E-state index in [1.165, 1.54) is 0 Å². The molecule has 0 radical (unpaired) electrons. The molecular formula is C8H6N4O. The van der Waals surface area contributed by atoms with E-state index in [-0.39, 0.29) is 6.61 Å². The third kappa shape index (κ3) is 1.23. The molecule has 0 saturated heterocycles. The van der Waals surface area contributed by atoms with Crippen LogP contribution in [0.1, 0.15) is 5.56 Å². The molecule has 0 unspecified atom stereocenters. The third-order valence-corrected chi connectivity index (χ3v) is 1.72. The average Bonchev–Trinajstić information content (AvgIpc) is 2.58. The molecule has 5 nitrogen and oxygen atoms in total. The predicted octanol–water partition coefficient (Wildman–Crippen LogP) is 0.253. The van der Waals surface area contributed by atoms with E-state index in [9.17, 15) is 0 Å². The lowest BCUT2D eigenvalue weighted by Crippen LogP contribution is -1.90. The van der Waals surface area contributed by atoms with Gasteiger partial charge in [0, 0.05) is 0 Å². The summed E-state index contributed by atoms with van der Waals surface area (Å²) >= 11 is 0. The van der Waals surface area contributed by atoms with Crippen molar-refractivity contribution in [3.8, 4) is 6.19 Å². The van der Waals surface area contributed by atoms with Gasteiger partial charge in [-0.1, -0.05) is 10.9 Å². The fourth-order valence-corrected chi connectivity index (χ4v) is 1.10. The Kier molecular flexibility index (Phi) is 1.69. The fraction of sp³-hybridized carbons (Fsp3) is 0.125. The molecule has 0 atom stereocenters. The van der Waals surface area contributed by atoms with Crippen LogP contribution in [-0.4, -0.2) is 20.1 Å². The van der Waals surface area contributed by atoms with Crippen LogP contribution in [0.2, 0.25) is 0 Å². The van der Waals surface area contributed by atoms with Gasteiger partial charge in [-0.15, -0.1) is 10.2 Å². The van der Waals surface area contributed by atoms with Crippen molar-refractivity contribution in [2.75, 3.05) is 0 Å². The van der Waals surface area contributed by atoms with Gasteiger partial charge in [0.25, 0.3) is 0 Å². The number of aliphatic hydroxyl groups is 1. The summed E-state index contributed by atoms with van der Waals surface area (Å²) < 4.78 is 0. The van der Waals surface area contributed by atoms with Gasteiger partial charge in [0.2, 0.25) is 6.19 Å². The zero-order chi connectivity index (χ0) is 9.26. The molecule has 0 aliphatic heterocycles. The van der Waals surface area contributed by atoms with E-state index >= 15 is 0 Å². The number of fused-ring (bicyclic) bond motifs is 1. The van der Waals surface area contributed by atoms with Crippen LogP contribution in [0.25, 0.3) is 11.0 Å². The summed E-state index contributed by atoms with van der Waals surface area (Å²) in [5, 5.41) is 25.1. The van der Waals surface area contributed by atoms with Gasteiger partial charge in [-0.2, -0.15) is 5.26 Å². The van der Waals surface area contributed by atoms with Crippen LogP contribution in [-0.2, 0) is 6.61 Å². The first-order valence-electron chi connectivity index (χ1n) is 3.70. The Morgan fingerprint density at radius 1 is 1.38 bits per heavy atom. The first kappa shape index (κ1) is 7.71. The second-order valence-electron chi connectivity index (χ2n) is 2.57. The van der Waals surface area contributed by atoms with Crippen LogP contribution >= 0.6 is 0 Å². The molecule has 5 heteroatoms. The maximum absolute atomic E-state index is 8.84. The molecule has 0 spiro atoms. The number of aliphatic hydroxyl groups excluding tert-OH is 1. The fourth-order valence-electron chi connectivity index (χ4n) is 1.10. The molecule has 0 bridgehead atoms. The van der Waals surface area contributed by atoms with Crippen molar-refractivity contribution in [2.24, 2.45) is 0 Å². The molecule has 1 aromatic heterocycles. The molecule has 0 amide bonds. The standard InChI is InChI=1S/C8H6N4O/c9-5-12-10-7-2-1-6(4-13)3-8(7)11-12/h1-3,13H,4H2. The molecule has 0 aliphatic rings. The zero-order valence-corrected chi connectivity index (χ0v) is 6.68. The average molecular weight is 174 g/mol.